The predicted octanol–water partition coefficient (Wildman–Crippen LogP) is 5.18. The van der Waals surface area contributed by atoms with Crippen molar-refractivity contribution in [2.75, 3.05) is 5.33 Å². The fourth-order valence-corrected chi connectivity index (χ4v) is 3.40. The van der Waals surface area contributed by atoms with Crippen LogP contribution in [0.15, 0.2) is 12.2 Å². The van der Waals surface area contributed by atoms with Crippen molar-refractivity contribution in [1.82, 2.24) is 0 Å². The Morgan fingerprint density at radius 2 is 2.07 bits per heavy atom. The minimum Gasteiger partial charge on any atom is -0.0928 e. The summed E-state index contributed by atoms with van der Waals surface area (Å²) >= 11 is 3.54. The molecule has 1 heteroatoms. The highest BCUT2D eigenvalue weighted by molar-refractivity contribution is 9.09. The molecule has 88 valence electrons. The van der Waals surface area contributed by atoms with E-state index < -0.39 is 0 Å². The second kappa shape index (κ2) is 7.49. The Kier molecular flexibility index (Phi) is 6.63. The van der Waals surface area contributed by atoms with E-state index in [0.717, 1.165) is 17.8 Å². The minimum atomic E-state index is 0.880. The summed E-state index contributed by atoms with van der Waals surface area (Å²) in [6.45, 7) is 4.48. The maximum atomic E-state index is 3.54. The molecule has 3 atom stereocenters. The third-order valence-electron chi connectivity index (χ3n) is 3.69. The van der Waals surface area contributed by atoms with E-state index >= 15 is 0 Å². The smallest absolute Gasteiger partial charge is 0.00314 e. The molecule has 3 unspecified atom stereocenters. The van der Waals surface area contributed by atoms with Gasteiger partial charge in [-0.3, -0.25) is 0 Å². The zero-order valence-corrected chi connectivity index (χ0v) is 11.8. The van der Waals surface area contributed by atoms with Crippen molar-refractivity contribution in [3.05, 3.63) is 12.2 Å². The van der Waals surface area contributed by atoms with Crippen LogP contribution in [0.5, 0.6) is 0 Å². The number of alkyl halides is 1. The first-order valence-corrected chi connectivity index (χ1v) is 7.62. The molecule has 0 nitrogen and oxygen atoms in total. The van der Waals surface area contributed by atoms with Gasteiger partial charge in [0.2, 0.25) is 0 Å². The molecule has 1 aliphatic rings. The second-order valence-corrected chi connectivity index (χ2v) is 5.70. The fraction of sp³-hybridized carbons (Fsp3) is 0.857. The monoisotopic (exact) mass is 272 g/mol. The Balaban J connectivity index is 2.43. The van der Waals surface area contributed by atoms with Crippen LogP contribution in [0.25, 0.3) is 0 Å². The Morgan fingerprint density at radius 3 is 2.67 bits per heavy atom. The van der Waals surface area contributed by atoms with Crippen molar-refractivity contribution < 1.29 is 0 Å². The standard InChI is InChI=1S/C14H25Br/c1-3-6-12-10-13(7-4-2)14(11-12)8-5-9-15/h4,7,12-14H,3,5-6,8-11H2,1-2H3/b7-4+. The average Bonchev–Trinajstić information content (AvgIpc) is 2.59. The first-order valence-electron chi connectivity index (χ1n) is 6.50. The molecule has 0 N–H and O–H groups in total. The number of halogens is 1. The molecule has 0 saturated heterocycles. The lowest BCUT2D eigenvalue weighted by molar-refractivity contribution is 0.414. The van der Waals surface area contributed by atoms with Crippen molar-refractivity contribution in [3.63, 3.8) is 0 Å². The average molecular weight is 273 g/mol. The summed E-state index contributed by atoms with van der Waals surface area (Å²) in [6, 6.07) is 0. The Bertz CT molecular complexity index is 186. The van der Waals surface area contributed by atoms with E-state index in [4.69, 9.17) is 0 Å². The van der Waals surface area contributed by atoms with Gasteiger partial charge in [-0.1, -0.05) is 47.8 Å². The van der Waals surface area contributed by atoms with E-state index in [9.17, 15) is 0 Å². The van der Waals surface area contributed by atoms with E-state index in [-0.39, 0.29) is 0 Å². The summed E-state index contributed by atoms with van der Waals surface area (Å²) in [5.41, 5.74) is 0. The lowest BCUT2D eigenvalue weighted by Gasteiger charge is -2.14. The van der Waals surface area contributed by atoms with Crippen molar-refractivity contribution in [2.24, 2.45) is 17.8 Å². The Labute approximate surface area is 104 Å². The van der Waals surface area contributed by atoms with Gasteiger partial charge < -0.3 is 0 Å². The number of rotatable bonds is 6. The van der Waals surface area contributed by atoms with Crippen LogP contribution in [-0.4, -0.2) is 5.33 Å². The molecule has 0 aromatic heterocycles. The van der Waals surface area contributed by atoms with Crippen LogP contribution in [0.3, 0.4) is 0 Å². The van der Waals surface area contributed by atoms with Gasteiger partial charge in [0.25, 0.3) is 0 Å². The molecule has 1 rings (SSSR count). The summed E-state index contributed by atoms with van der Waals surface area (Å²) in [5.74, 6) is 2.86. The van der Waals surface area contributed by atoms with E-state index in [0.29, 0.717) is 0 Å². The normalized spacial score (nSPS) is 31.5. The molecular weight excluding hydrogens is 248 g/mol. The molecule has 0 heterocycles. The van der Waals surface area contributed by atoms with Gasteiger partial charge in [0.1, 0.15) is 0 Å². The van der Waals surface area contributed by atoms with E-state index in [1.54, 1.807) is 0 Å². The molecule has 0 radical (unpaired) electrons. The maximum Gasteiger partial charge on any atom is 0.00314 e. The van der Waals surface area contributed by atoms with Crippen molar-refractivity contribution in [3.8, 4) is 0 Å². The molecule has 1 aliphatic carbocycles. The molecule has 1 saturated carbocycles. The van der Waals surface area contributed by atoms with Crippen LogP contribution in [0.2, 0.25) is 0 Å². The molecular formula is C14H25Br. The first kappa shape index (κ1) is 13.3. The largest absolute Gasteiger partial charge is 0.0928 e. The molecule has 15 heavy (non-hydrogen) atoms. The van der Waals surface area contributed by atoms with Gasteiger partial charge in [-0.05, 0) is 50.4 Å². The quantitative estimate of drug-likeness (QED) is 0.462. The van der Waals surface area contributed by atoms with Crippen LogP contribution in [0, 0.1) is 17.8 Å². The van der Waals surface area contributed by atoms with Crippen molar-refractivity contribution in [1.29, 1.82) is 0 Å². The predicted molar refractivity (Wildman–Crippen MR) is 72.5 cm³/mol. The fourth-order valence-electron chi connectivity index (χ4n) is 3.07. The molecule has 0 aromatic rings. The van der Waals surface area contributed by atoms with Gasteiger partial charge in [-0.25, -0.2) is 0 Å². The highest BCUT2D eigenvalue weighted by Gasteiger charge is 2.31. The van der Waals surface area contributed by atoms with Crippen LogP contribution in [-0.2, 0) is 0 Å². The van der Waals surface area contributed by atoms with Crippen LogP contribution >= 0.6 is 15.9 Å². The van der Waals surface area contributed by atoms with Crippen molar-refractivity contribution >= 4 is 15.9 Å². The van der Waals surface area contributed by atoms with Gasteiger partial charge in [0.05, 0.1) is 0 Å². The maximum absolute atomic E-state index is 3.54. The van der Waals surface area contributed by atoms with Crippen LogP contribution in [0.1, 0.15) is 52.4 Å². The van der Waals surface area contributed by atoms with Gasteiger partial charge in [-0.15, -0.1) is 0 Å². The molecule has 0 aliphatic heterocycles. The topological polar surface area (TPSA) is 0 Å². The van der Waals surface area contributed by atoms with Gasteiger partial charge >= 0.3 is 0 Å². The molecule has 0 amide bonds. The van der Waals surface area contributed by atoms with E-state index in [1.807, 2.05) is 0 Å². The van der Waals surface area contributed by atoms with Crippen LogP contribution in [0.4, 0.5) is 0 Å². The summed E-state index contributed by atoms with van der Waals surface area (Å²) < 4.78 is 0. The summed E-state index contributed by atoms with van der Waals surface area (Å²) in [5, 5.41) is 1.17. The summed E-state index contributed by atoms with van der Waals surface area (Å²) in [6.07, 6.45) is 13.2. The highest BCUT2D eigenvalue weighted by Crippen LogP contribution is 2.41. The van der Waals surface area contributed by atoms with E-state index in [1.165, 1.54) is 43.9 Å². The Hall–Kier alpha value is 0.220. The zero-order valence-electron chi connectivity index (χ0n) is 10.2. The number of allylic oxidation sites excluding steroid dienone is 2. The van der Waals surface area contributed by atoms with Gasteiger partial charge in [-0.2, -0.15) is 0 Å². The van der Waals surface area contributed by atoms with Crippen LogP contribution < -0.4 is 0 Å². The second-order valence-electron chi connectivity index (χ2n) is 4.91. The third-order valence-corrected chi connectivity index (χ3v) is 4.25. The van der Waals surface area contributed by atoms with Crippen molar-refractivity contribution in [2.45, 2.75) is 52.4 Å². The first-order chi connectivity index (χ1) is 7.31. The molecule has 1 fully saturated rings. The SMILES string of the molecule is C/C=C/C1CC(CCC)CC1CCCBr. The lowest BCUT2D eigenvalue weighted by Crippen LogP contribution is -2.05. The van der Waals surface area contributed by atoms with E-state index in [2.05, 4.69) is 41.9 Å². The number of hydrogen-bond donors (Lipinski definition) is 0. The molecule has 0 spiro atoms. The molecule has 0 bridgehead atoms. The summed E-state index contributed by atoms with van der Waals surface area (Å²) in [4.78, 5) is 0. The third kappa shape index (κ3) is 4.30. The minimum absolute atomic E-state index is 0.880. The summed E-state index contributed by atoms with van der Waals surface area (Å²) in [7, 11) is 0. The molecule has 0 aromatic carbocycles. The Morgan fingerprint density at radius 1 is 1.27 bits per heavy atom. The highest BCUT2D eigenvalue weighted by atomic mass is 79.9. The lowest BCUT2D eigenvalue weighted by atomic mass is 9.91. The zero-order chi connectivity index (χ0) is 11.1. The van der Waals surface area contributed by atoms with Gasteiger partial charge in [0, 0.05) is 5.33 Å². The number of hydrogen-bond acceptors (Lipinski definition) is 0. The van der Waals surface area contributed by atoms with Gasteiger partial charge in [0.15, 0.2) is 0 Å².